The van der Waals surface area contributed by atoms with Crippen molar-refractivity contribution < 1.29 is 4.74 Å². The van der Waals surface area contributed by atoms with Gasteiger partial charge in [-0.3, -0.25) is 0 Å². The fraction of sp³-hybridized carbons (Fsp3) is 0.917. The first-order valence-corrected chi connectivity index (χ1v) is 6.08. The van der Waals surface area contributed by atoms with Crippen LogP contribution in [-0.4, -0.2) is 10.7 Å². The summed E-state index contributed by atoms with van der Waals surface area (Å²) in [5.74, 6) is 0. The predicted octanol–water partition coefficient (Wildman–Crippen LogP) is 4.49. The van der Waals surface area contributed by atoms with Crippen molar-refractivity contribution in [2.24, 2.45) is 0 Å². The molecule has 0 aliphatic heterocycles. The van der Waals surface area contributed by atoms with Crippen molar-refractivity contribution in [3.63, 3.8) is 0 Å². The lowest BCUT2D eigenvalue weighted by Crippen LogP contribution is -2.22. The quantitative estimate of drug-likeness (QED) is 0.478. The Morgan fingerprint density at radius 1 is 1.07 bits per heavy atom. The standard InChI is InChI=1S/C12H24OS/c1-5-6-7-8-9-10-11(14)13-12(2,3)4/h5-10H2,1-4H3. The number of thiocarbonyl (C=S) groups is 1. The second-order valence-electron chi connectivity index (χ2n) is 4.75. The van der Waals surface area contributed by atoms with Crippen molar-refractivity contribution >= 4 is 17.3 Å². The van der Waals surface area contributed by atoms with Gasteiger partial charge in [0.15, 0.2) is 5.05 Å². The van der Waals surface area contributed by atoms with E-state index in [2.05, 4.69) is 6.92 Å². The van der Waals surface area contributed by atoms with Crippen molar-refractivity contribution in [2.45, 2.75) is 71.8 Å². The monoisotopic (exact) mass is 216 g/mol. The summed E-state index contributed by atoms with van der Waals surface area (Å²) in [6.45, 7) is 8.34. The van der Waals surface area contributed by atoms with E-state index in [1.54, 1.807) is 0 Å². The third-order valence-electron chi connectivity index (χ3n) is 1.90. The van der Waals surface area contributed by atoms with Crippen LogP contribution in [0.2, 0.25) is 0 Å². The molecule has 0 saturated carbocycles. The molecule has 0 aliphatic rings. The van der Waals surface area contributed by atoms with E-state index in [4.69, 9.17) is 17.0 Å². The molecule has 0 atom stereocenters. The average Bonchev–Trinajstić information content (AvgIpc) is 2.00. The molecule has 1 nitrogen and oxygen atoms in total. The molecule has 0 amide bonds. The topological polar surface area (TPSA) is 9.23 Å². The van der Waals surface area contributed by atoms with Crippen LogP contribution in [0.5, 0.6) is 0 Å². The smallest absolute Gasteiger partial charge is 0.160 e. The summed E-state index contributed by atoms with van der Waals surface area (Å²) in [7, 11) is 0. The van der Waals surface area contributed by atoms with Crippen LogP contribution in [0.4, 0.5) is 0 Å². The molecule has 0 bridgehead atoms. The maximum atomic E-state index is 5.58. The average molecular weight is 216 g/mol. The van der Waals surface area contributed by atoms with Gasteiger partial charge in [0.1, 0.15) is 5.60 Å². The Bertz CT molecular complexity index is 158. The Hall–Kier alpha value is -0.110. The van der Waals surface area contributed by atoms with E-state index in [0.29, 0.717) is 0 Å². The number of hydrogen-bond donors (Lipinski definition) is 0. The molecular formula is C12H24OS. The summed E-state index contributed by atoms with van der Waals surface area (Å²) < 4.78 is 5.58. The molecule has 0 aromatic heterocycles. The van der Waals surface area contributed by atoms with Crippen LogP contribution < -0.4 is 0 Å². The van der Waals surface area contributed by atoms with Crippen LogP contribution in [0.1, 0.15) is 66.2 Å². The highest BCUT2D eigenvalue weighted by Crippen LogP contribution is 2.12. The Labute approximate surface area is 94.2 Å². The molecule has 0 fully saturated rings. The summed E-state index contributed by atoms with van der Waals surface area (Å²) in [6, 6.07) is 0. The fourth-order valence-corrected chi connectivity index (χ4v) is 1.66. The Kier molecular flexibility index (Phi) is 7.16. The SMILES string of the molecule is CCCCCCCC(=S)OC(C)(C)C. The number of ether oxygens (including phenoxy) is 1. The second kappa shape index (κ2) is 7.22. The zero-order chi connectivity index (χ0) is 11.0. The first kappa shape index (κ1) is 13.9. The molecule has 0 radical (unpaired) electrons. The Morgan fingerprint density at radius 2 is 1.64 bits per heavy atom. The highest BCUT2D eigenvalue weighted by Gasteiger charge is 2.12. The molecule has 0 rings (SSSR count). The number of hydrogen-bond acceptors (Lipinski definition) is 2. The van der Waals surface area contributed by atoms with Gasteiger partial charge in [-0.1, -0.05) is 32.6 Å². The molecular weight excluding hydrogens is 192 g/mol. The molecule has 0 N–H and O–H groups in total. The van der Waals surface area contributed by atoms with Crippen molar-refractivity contribution in [1.29, 1.82) is 0 Å². The molecule has 0 aromatic carbocycles. The molecule has 0 spiro atoms. The highest BCUT2D eigenvalue weighted by atomic mass is 32.1. The van der Waals surface area contributed by atoms with Gasteiger partial charge in [-0.15, -0.1) is 0 Å². The number of rotatable bonds is 6. The molecule has 0 aliphatic carbocycles. The summed E-state index contributed by atoms with van der Waals surface area (Å²) >= 11 is 5.16. The second-order valence-corrected chi connectivity index (χ2v) is 5.21. The van der Waals surface area contributed by atoms with Crippen LogP contribution in [-0.2, 0) is 4.74 Å². The first-order chi connectivity index (χ1) is 6.45. The van der Waals surface area contributed by atoms with E-state index in [-0.39, 0.29) is 5.60 Å². The van der Waals surface area contributed by atoms with Gasteiger partial charge in [0, 0.05) is 6.42 Å². The van der Waals surface area contributed by atoms with Gasteiger partial charge in [0.05, 0.1) is 0 Å². The zero-order valence-corrected chi connectivity index (χ0v) is 10.9. The van der Waals surface area contributed by atoms with Gasteiger partial charge < -0.3 is 4.74 Å². The van der Waals surface area contributed by atoms with E-state index in [1.165, 1.54) is 32.1 Å². The minimum Gasteiger partial charge on any atom is -0.482 e. The van der Waals surface area contributed by atoms with Gasteiger partial charge in [-0.2, -0.15) is 0 Å². The van der Waals surface area contributed by atoms with Crippen LogP contribution in [0, 0.1) is 0 Å². The molecule has 0 unspecified atom stereocenters. The van der Waals surface area contributed by atoms with Crippen LogP contribution in [0.15, 0.2) is 0 Å². The lowest BCUT2D eigenvalue weighted by atomic mass is 10.1. The molecule has 84 valence electrons. The summed E-state index contributed by atoms with van der Waals surface area (Å²) in [6.07, 6.45) is 7.36. The first-order valence-electron chi connectivity index (χ1n) is 5.67. The maximum Gasteiger partial charge on any atom is 0.160 e. The Morgan fingerprint density at radius 3 is 2.14 bits per heavy atom. The molecule has 0 aromatic rings. The van der Waals surface area contributed by atoms with Crippen molar-refractivity contribution in [2.75, 3.05) is 0 Å². The lowest BCUT2D eigenvalue weighted by Gasteiger charge is -2.21. The summed E-state index contributed by atoms with van der Waals surface area (Å²) in [5, 5.41) is 0.772. The largest absolute Gasteiger partial charge is 0.482 e. The maximum absolute atomic E-state index is 5.58. The summed E-state index contributed by atoms with van der Waals surface area (Å²) in [4.78, 5) is 0. The van der Waals surface area contributed by atoms with E-state index < -0.39 is 0 Å². The third kappa shape index (κ3) is 9.97. The van der Waals surface area contributed by atoms with E-state index in [0.717, 1.165) is 11.5 Å². The van der Waals surface area contributed by atoms with Crippen molar-refractivity contribution in [1.82, 2.24) is 0 Å². The predicted molar refractivity (Wildman–Crippen MR) is 66.8 cm³/mol. The highest BCUT2D eigenvalue weighted by molar-refractivity contribution is 7.80. The summed E-state index contributed by atoms with van der Waals surface area (Å²) in [5.41, 5.74) is -0.125. The normalized spacial score (nSPS) is 11.4. The zero-order valence-electron chi connectivity index (χ0n) is 10.1. The fourth-order valence-electron chi connectivity index (χ4n) is 1.27. The van der Waals surface area contributed by atoms with Gasteiger partial charge in [0.25, 0.3) is 0 Å². The molecule has 0 saturated heterocycles. The molecule has 0 heterocycles. The van der Waals surface area contributed by atoms with Gasteiger partial charge in [0.2, 0.25) is 0 Å². The van der Waals surface area contributed by atoms with Gasteiger partial charge in [-0.25, -0.2) is 0 Å². The van der Waals surface area contributed by atoms with Crippen LogP contribution in [0.3, 0.4) is 0 Å². The van der Waals surface area contributed by atoms with Crippen molar-refractivity contribution in [3.8, 4) is 0 Å². The van der Waals surface area contributed by atoms with E-state index in [1.807, 2.05) is 20.8 Å². The van der Waals surface area contributed by atoms with E-state index >= 15 is 0 Å². The van der Waals surface area contributed by atoms with Gasteiger partial charge >= 0.3 is 0 Å². The van der Waals surface area contributed by atoms with Crippen molar-refractivity contribution in [3.05, 3.63) is 0 Å². The van der Waals surface area contributed by atoms with E-state index in [9.17, 15) is 0 Å². The van der Waals surface area contributed by atoms with Crippen LogP contribution >= 0.6 is 12.2 Å². The Balaban J connectivity index is 3.36. The third-order valence-corrected chi connectivity index (χ3v) is 2.19. The van der Waals surface area contributed by atoms with Crippen LogP contribution in [0.25, 0.3) is 0 Å². The molecule has 14 heavy (non-hydrogen) atoms. The van der Waals surface area contributed by atoms with Gasteiger partial charge in [-0.05, 0) is 39.4 Å². The minimum atomic E-state index is -0.125. The molecule has 2 heteroatoms. The lowest BCUT2D eigenvalue weighted by molar-refractivity contribution is 0.117. The number of unbranched alkanes of at least 4 members (excludes halogenated alkanes) is 4. The minimum absolute atomic E-state index is 0.125.